The minimum Gasteiger partial charge on any atom is -0.356 e. The third-order valence-electron chi connectivity index (χ3n) is 4.84. The Morgan fingerprint density at radius 3 is 2.42 bits per heavy atom. The van der Waals surface area contributed by atoms with Crippen molar-refractivity contribution >= 4 is 28.3 Å². The highest BCUT2D eigenvalue weighted by atomic mass is 35.5. The van der Waals surface area contributed by atoms with Crippen LogP contribution < -0.4 is 4.90 Å². The minimum atomic E-state index is 0.329. The number of hydrogen-bond acceptors (Lipinski definition) is 3. The zero-order valence-electron chi connectivity index (χ0n) is 13.5. The molecule has 1 aliphatic heterocycles. The van der Waals surface area contributed by atoms with Gasteiger partial charge in [0, 0.05) is 18.5 Å². The van der Waals surface area contributed by atoms with Crippen LogP contribution in [0.3, 0.4) is 0 Å². The molecule has 0 saturated carbocycles. The maximum absolute atomic E-state index is 6.13. The molecule has 122 valence electrons. The van der Waals surface area contributed by atoms with Gasteiger partial charge in [0.1, 0.15) is 5.82 Å². The van der Waals surface area contributed by atoms with Gasteiger partial charge in [0.2, 0.25) is 5.28 Å². The number of benzene rings is 2. The first-order valence-corrected chi connectivity index (χ1v) is 8.88. The summed E-state index contributed by atoms with van der Waals surface area (Å²) in [5.41, 5.74) is 2.35. The molecule has 1 fully saturated rings. The average molecular weight is 338 g/mol. The van der Waals surface area contributed by atoms with Crippen molar-refractivity contribution in [3.05, 3.63) is 65.4 Å². The van der Waals surface area contributed by atoms with E-state index >= 15 is 0 Å². The fourth-order valence-corrected chi connectivity index (χ4v) is 3.74. The van der Waals surface area contributed by atoms with E-state index < -0.39 is 0 Å². The molecule has 0 spiro atoms. The zero-order valence-corrected chi connectivity index (χ0v) is 14.3. The van der Waals surface area contributed by atoms with E-state index in [4.69, 9.17) is 11.6 Å². The molecule has 2 aromatic carbocycles. The van der Waals surface area contributed by atoms with Gasteiger partial charge in [-0.1, -0.05) is 42.5 Å². The van der Waals surface area contributed by atoms with Gasteiger partial charge in [-0.15, -0.1) is 0 Å². The number of fused-ring (bicyclic) bond motifs is 1. The molecule has 0 bridgehead atoms. The maximum Gasteiger partial charge on any atom is 0.224 e. The number of piperidine rings is 1. The van der Waals surface area contributed by atoms with Gasteiger partial charge in [-0.05, 0) is 54.5 Å². The third-order valence-corrected chi connectivity index (χ3v) is 5.01. The Kier molecular flexibility index (Phi) is 4.35. The van der Waals surface area contributed by atoms with Crippen molar-refractivity contribution in [2.45, 2.75) is 19.3 Å². The second-order valence-electron chi connectivity index (χ2n) is 6.45. The highest BCUT2D eigenvalue weighted by molar-refractivity contribution is 6.28. The van der Waals surface area contributed by atoms with Crippen LogP contribution in [0.15, 0.2) is 54.6 Å². The Morgan fingerprint density at radius 2 is 1.62 bits per heavy atom. The van der Waals surface area contributed by atoms with Gasteiger partial charge in [-0.25, -0.2) is 4.98 Å². The molecular formula is C20H20ClN3. The van der Waals surface area contributed by atoms with E-state index in [0.29, 0.717) is 5.28 Å². The lowest BCUT2D eigenvalue weighted by atomic mass is 9.90. The smallest absolute Gasteiger partial charge is 0.224 e. The molecule has 0 aliphatic carbocycles. The first-order valence-electron chi connectivity index (χ1n) is 8.51. The molecule has 3 aromatic rings. The van der Waals surface area contributed by atoms with Crippen molar-refractivity contribution in [3.63, 3.8) is 0 Å². The molecule has 0 radical (unpaired) electrons. The molecule has 2 heterocycles. The van der Waals surface area contributed by atoms with Crippen LogP contribution in [0.2, 0.25) is 5.28 Å². The number of para-hydroxylation sites is 1. The number of hydrogen-bond donors (Lipinski definition) is 0. The lowest BCUT2D eigenvalue weighted by Crippen LogP contribution is -2.35. The molecule has 24 heavy (non-hydrogen) atoms. The van der Waals surface area contributed by atoms with E-state index in [1.54, 1.807) is 0 Å². The van der Waals surface area contributed by atoms with Crippen LogP contribution >= 0.6 is 11.6 Å². The molecule has 1 aromatic heterocycles. The van der Waals surface area contributed by atoms with Gasteiger partial charge >= 0.3 is 0 Å². The number of halogens is 1. The maximum atomic E-state index is 6.13. The van der Waals surface area contributed by atoms with Crippen molar-refractivity contribution < 1.29 is 0 Å². The summed E-state index contributed by atoms with van der Waals surface area (Å²) in [6.07, 6.45) is 3.54. The van der Waals surface area contributed by atoms with Crippen molar-refractivity contribution in [1.29, 1.82) is 0 Å². The first-order chi connectivity index (χ1) is 11.8. The molecule has 1 aliphatic rings. The average Bonchev–Trinajstić information content (AvgIpc) is 2.62. The summed E-state index contributed by atoms with van der Waals surface area (Å²) >= 11 is 6.13. The largest absolute Gasteiger partial charge is 0.356 e. The van der Waals surface area contributed by atoms with Gasteiger partial charge < -0.3 is 4.90 Å². The summed E-state index contributed by atoms with van der Waals surface area (Å²) < 4.78 is 0. The standard InChI is InChI=1S/C20H20ClN3/c21-20-22-18-9-5-4-8-17(18)19(23-20)24-12-10-16(11-13-24)14-15-6-2-1-3-7-15/h1-9,16H,10-14H2. The summed E-state index contributed by atoms with van der Waals surface area (Å²) in [5.74, 6) is 1.72. The van der Waals surface area contributed by atoms with Gasteiger partial charge in [0.05, 0.1) is 5.52 Å². The number of rotatable bonds is 3. The van der Waals surface area contributed by atoms with Crippen molar-refractivity contribution in [2.75, 3.05) is 18.0 Å². The fourth-order valence-electron chi connectivity index (χ4n) is 3.57. The van der Waals surface area contributed by atoms with Gasteiger partial charge in [-0.3, -0.25) is 0 Å². The van der Waals surface area contributed by atoms with E-state index in [1.165, 1.54) is 24.8 Å². The SMILES string of the molecule is Clc1nc(N2CCC(Cc3ccccc3)CC2)c2ccccc2n1. The van der Waals surface area contributed by atoms with Crippen molar-refractivity contribution in [1.82, 2.24) is 9.97 Å². The molecule has 1 saturated heterocycles. The first kappa shape index (κ1) is 15.4. The molecular weight excluding hydrogens is 318 g/mol. The normalized spacial score (nSPS) is 15.8. The zero-order chi connectivity index (χ0) is 16.4. The summed E-state index contributed by atoms with van der Waals surface area (Å²) in [6.45, 7) is 2.05. The van der Waals surface area contributed by atoms with Gasteiger partial charge in [0.15, 0.2) is 0 Å². The number of aromatic nitrogens is 2. The van der Waals surface area contributed by atoms with E-state index in [-0.39, 0.29) is 0 Å². The lowest BCUT2D eigenvalue weighted by molar-refractivity contribution is 0.402. The predicted molar refractivity (Wildman–Crippen MR) is 99.6 cm³/mol. The summed E-state index contributed by atoms with van der Waals surface area (Å²) in [7, 11) is 0. The number of nitrogens with zero attached hydrogens (tertiary/aromatic N) is 3. The van der Waals surface area contributed by atoms with Gasteiger partial charge in [0.25, 0.3) is 0 Å². The van der Waals surface area contributed by atoms with Gasteiger partial charge in [-0.2, -0.15) is 4.98 Å². The van der Waals surface area contributed by atoms with E-state index in [2.05, 4.69) is 51.3 Å². The monoisotopic (exact) mass is 337 g/mol. The predicted octanol–water partition coefficient (Wildman–Crippen LogP) is 4.74. The summed E-state index contributed by atoms with van der Waals surface area (Å²) in [5, 5.41) is 1.42. The second kappa shape index (κ2) is 6.78. The molecule has 0 unspecified atom stereocenters. The molecule has 4 heteroatoms. The Labute approximate surface area is 147 Å². The van der Waals surface area contributed by atoms with E-state index in [0.717, 1.165) is 35.7 Å². The Morgan fingerprint density at radius 1 is 0.917 bits per heavy atom. The minimum absolute atomic E-state index is 0.329. The second-order valence-corrected chi connectivity index (χ2v) is 6.79. The topological polar surface area (TPSA) is 29.0 Å². The molecule has 3 nitrogen and oxygen atoms in total. The van der Waals surface area contributed by atoms with Crippen LogP contribution in [0.5, 0.6) is 0 Å². The van der Waals surface area contributed by atoms with Crippen LogP contribution in [0.25, 0.3) is 10.9 Å². The highest BCUT2D eigenvalue weighted by Crippen LogP contribution is 2.30. The summed E-state index contributed by atoms with van der Waals surface area (Å²) in [4.78, 5) is 11.2. The number of anilines is 1. The Bertz CT molecular complexity index is 827. The molecule has 0 amide bonds. The van der Waals surface area contributed by atoms with E-state index in [9.17, 15) is 0 Å². The van der Waals surface area contributed by atoms with Crippen LogP contribution in [0.4, 0.5) is 5.82 Å². The van der Waals surface area contributed by atoms with Crippen molar-refractivity contribution in [2.24, 2.45) is 5.92 Å². The van der Waals surface area contributed by atoms with Crippen LogP contribution in [0.1, 0.15) is 18.4 Å². The third kappa shape index (κ3) is 3.22. The fraction of sp³-hybridized carbons (Fsp3) is 0.300. The molecule has 0 N–H and O–H groups in total. The lowest BCUT2D eigenvalue weighted by Gasteiger charge is -2.33. The van der Waals surface area contributed by atoms with E-state index in [1.807, 2.05) is 18.2 Å². The summed E-state index contributed by atoms with van der Waals surface area (Å²) in [6, 6.07) is 18.9. The molecule has 4 rings (SSSR count). The molecule has 0 atom stereocenters. The van der Waals surface area contributed by atoms with Crippen LogP contribution in [-0.2, 0) is 6.42 Å². The van der Waals surface area contributed by atoms with Crippen LogP contribution in [0, 0.1) is 5.92 Å². The Hall–Kier alpha value is -2.13. The Balaban J connectivity index is 1.50. The highest BCUT2D eigenvalue weighted by Gasteiger charge is 2.22. The quantitative estimate of drug-likeness (QED) is 0.646. The van der Waals surface area contributed by atoms with Crippen LogP contribution in [-0.4, -0.2) is 23.1 Å². The van der Waals surface area contributed by atoms with Crippen molar-refractivity contribution in [3.8, 4) is 0 Å².